The fourth-order valence-electron chi connectivity index (χ4n) is 0.289. The summed E-state index contributed by atoms with van der Waals surface area (Å²) in [5, 5.41) is 0. The number of unbranched alkanes of at least 4 members (excludes halogenated alkanes) is 2. The number of hydrogen-bond acceptors (Lipinski definition) is 1. The van der Waals surface area contributed by atoms with Gasteiger partial charge in [-0.2, -0.15) is 13.3 Å². The molecule has 3 N–H and O–H groups in total. The number of hydrogen-bond donors (Lipinski definition) is 3. The van der Waals surface area contributed by atoms with Crippen molar-refractivity contribution in [1.29, 1.82) is 0 Å². The van der Waals surface area contributed by atoms with Gasteiger partial charge in [0.1, 0.15) is 0 Å². The molecule has 0 amide bonds. The first-order chi connectivity index (χ1) is 4.41. The van der Waals surface area contributed by atoms with Gasteiger partial charge in [0.15, 0.2) is 0 Å². The molecular weight excluding hydrogens is 178 g/mol. The van der Waals surface area contributed by atoms with Crippen LogP contribution >= 0.6 is 7.82 Å². The SMILES string of the molecule is C[CH-]CCC.O=P(O)(O)O.[Na+]. The predicted molar refractivity (Wildman–Crippen MR) is 39.1 cm³/mol. The van der Waals surface area contributed by atoms with Gasteiger partial charge in [-0.3, -0.25) is 0 Å². The smallest absolute Gasteiger partial charge is 0.332 e. The zero-order valence-corrected chi connectivity index (χ0v) is 10.1. The van der Waals surface area contributed by atoms with Crippen LogP contribution in [0.15, 0.2) is 0 Å². The second kappa shape index (κ2) is 11.1. The van der Waals surface area contributed by atoms with Crippen LogP contribution in [0, 0.1) is 6.42 Å². The maximum Gasteiger partial charge on any atom is 1.00 e. The van der Waals surface area contributed by atoms with Gasteiger partial charge in [0.05, 0.1) is 0 Å². The van der Waals surface area contributed by atoms with Crippen molar-refractivity contribution < 1.29 is 48.8 Å². The fraction of sp³-hybridized carbons (Fsp3) is 0.800. The van der Waals surface area contributed by atoms with Gasteiger partial charge < -0.3 is 21.1 Å². The zero-order chi connectivity index (χ0) is 8.62. The van der Waals surface area contributed by atoms with Crippen LogP contribution in [0.25, 0.3) is 0 Å². The second-order valence-corrected chi connectivity index (χ2v) is 2.74. The molecule has 0 atom stereocenters. The monoisotopic (exact) mass is 192 g/mol. The van der Waals surface area contributed by atoms with Crippen molar-refractivity contribution in [3.8, 4) is 0 Å². The van der Waals surface area contributed by atoms with Gasteiger partial charge in [-0.1, -0.05) is 13.3 Å². The number of phosphoric acid groups is 1. The Balaban J connectivity index is -0.000000107. The molecule has 0 spiro atoms. The Morgan fingerprint density at radius 2 is 1.64 bits per heavy atom. The molecule has 0 heterocycles. The largest absolute Gasteiger partial charge is 1.00 e. The molecule has 0 aliphatic heterocycles. The van der Waals surface area contributed by atoms with Gasteiger partial charge in [-0.15, -0.1) is 0 Å². The van der Waals surface area contributed by atoms with Crippen molar-refractivity contribution in [2.75, 3.05) is 0 Å². The summed E-state index contributed by atoms with van der Waals surface area (Å²) in [7, 11) is -4.64. The van der Waals surface area contributed by atoms with E-state index in [2.05, 4.69) is 20.3 Å². The molecule has 0 aromatic heterocycles. The van der Waals surface area contributed by atoms with E-state index in [0.29, 0.717) is 0 Å². The Labute approximate surface area is 89.6 Å². The third kappa shape index (κ3) is 95.3. The average Bonchev–Trinajstić information content (AvgIpc) is 1.63. The molecule has 0 saturated carbocycles. The Morgan fingerprint density at radius 1 is 1.36 bits per heavy atom. The van der Waals surface area contributed by atoms with Crippen molar-refractivity contribution in [3.63, 3.8) is 0 Å². The van der Waals surface area contributed by atoms with Gasteiger partial charge in [0.25, 0.3) is 0 Å². The van der Waals surface area contributed by atoms with E-state index >= 15 is 0 Å². The molecule has 0 fully saturated rings. The van der Waals surface area contributed by atoms with Crippen LogP contribution in [-0.4, -0.2) is 14.7 Å². The molecule has 0 aliphatic carbocycles. The normalized spacial score (nSPS) is 9.18. The molecular formula is C5H14NaO4P. The summed E-state index contributed by atoms with van der Waals surface area (Å²) in [4.78, 5) is 21.6. The first kappa shape index (κ1) is 18.0. The molecule has 11 heavy (non-hydrogen) atoms. The van der Waals surface area contributed by atoms with Gasteiger partial charge in [0.2, 0.25) is 0 Å². The molecule has 0 rings (SSSR count). The minimum absolute atomic E-state index is 0. The van der Waals surface area contributed by atoms with Crippen molar-refractivity contribution >= 4 is 7.82 Å². The minimum Gasteiger partial charge on any atom is -0.332 e. The summed E-state index contributed by atoms with van der Waals surface area (Å²) in [5.41, 5.74) is 0. The van der Waals surface area contributed by atoms with Crippen molar-refractivity contribution in [1.82, 2.24) is 0 Å². The molecule has 4 nitrogen and oxygen atoms in total. The summed E-state index contributed by atoms with van der Waals surface area (Å²) >= 11 is 0. The summed E-state index contributed by atoms with van der Waals surface area (Å²) in [6, 6.07) is 0. The zero-order valence-electron chi connectivity index (χ0n) is 7.19. The summed E-state index contributed by atoms with van der Waals surface area (Å²) in [6.45, 7) is 4.27. The van der Waals surface area contributed by atoms with E-state index < -0.39 is 7.82 Å². The van der Waals surface area contributed by atoms with Gasteiger partial charge in [-0.05, 0) is 0 Å². The quantitative estimate of drug-likeness (QED) is 0.271. The maximum absolute atomic E-state index is 8.88. The molecule has 6 heteroatoms. The molecule has 0 saturated heterocycles. The van der Waals surface area contributed by atoms with E-state index in [4.69, 9.17) is 19.2 Å². The van der Waals surface area contributed by atoms with Crippen LogP contribution < -0.4 is 29.6 Å². The standard InChI is InChI=1S/C5H11.Na.H3O4P/c1-3-5-4-2;;1-5(2,3)4/h3H,4-5H2,1-2H3;;(H3,1,2,3,4)/q-1;+1;. The van der Waals surface area contributed by atoms with Crippen LogP contribution in [0.5, 0.6) is 0 Å². The molecule has 0 aromatic rings. The third-order valence-corrected chi connectivity index (χ3v) is 0.577. The summed E-state index contributed by atoms with van der Waals surface area (Å²) < 4.78 is 8.88. The van der Waals surface area contributed by atoms with Gasteiger partial charge in [-0.25, -0.2) is 4.57 Å². The van der Waals surface area contributed by atoms with E-state index in [0.717, 1.165) is 0 Å². The van der Waals surface area contributed by atoms with Crippen LogP contribution in [0.2, 0.25) is 0 Å². The molecule has 0 bridgehead atoms. The third-order valence-electron chi connectivity index (χ3n) is 0.577. The Hall–Kier alpha value is 1.11. The van der Waals surface area contributed by atoms with E-state index in [1.807, 2.05) is 0 Å². The van der Waals surface area contributed by atoms with E-state index in [1.54, 1.807) is 0 Å². The van der Waals surface area contributed by atoms with E-state index in [1.165, 1.54) is 12.8 Å². The summed E-state index contributed by atoms with van der Waals surface area (Å²) in [5.74, 6) is 0. The van der Waals surface area contributed by atoms with E-state index in [9.17, 15) is 0 Å². The molecule has 0 aromatic carbocycles. The summed E-state index contributed by atoms with van der Waals surface area (Å²) in [6.07, 6.45) is 4.73. The predicted octanol–water partition coefficient (Wildman–Crippen LogP) is -1.91. The van der Waals surface area contributed by atoms with Crippen molar-refractivity contribution in [2.45, 2.75) is 26.7 Å². The second-order valence-electron chi connectivity index (χ2n) is 1.71. The van der Waals surface area contributed by atoms with Crippen LogP contribution in [-0.2, 0) is 4.57 Å². The van der Waals surface area contributed by atoms with Crippen molar-refractivity contribution in [3.05, 3.63) is 6.42 Å². The number of rotatable bonds is 2. The topological polar surface area (TPSA) is 77.8 Å². The molecule has 64 valence electrons. The molecule has 0 radical (unpaired) electrons. The first-order valence-corrected chi connectivity index (χ1v) is 4.54. The fourth-order valence-corrected chi connectivity index (χ4v) is 0.289. The maximum atomic E-state index is 8.88. The minimum atomic E-state index is -4.64. The van der Waals surface area contributed by atoms with Crippen LogP contribution in [0.1, 0.15) is 26.7 Å². The Bertz CT molecular complexity index is 92.4. The Morgan fingerprint density at radius 3 is 1.64 bits per heavy atom. The van der Waals surface area contributed by atoms with Crippen LogP contribution in [0.4, 0.5) is 0 Å². The van der Waals surface area contributed by atoms with E-state index in [-0.39, 0.29) is 29.6 Å². The van der Waals surface area contributed by atoms with Crippen molar-refractivity contribution in [2.24, 2.45) is 0 Å². The molecule has 0 aliphatic rings. The average molecular weight is 192 g/mol. The Kier molecular flexibility index (Phi) is 18.2. The van der Waals surface area contributed by atoms with Crippen LogP contribution in [0.3, 0.4) is 0 Å². The molecule has 0 unspecified atom stereocenters. The van der Waals surface area contributed by atoms with Gasteiger partial charge >= 0.3 is 37.4 Å². The van der Waals surface area contributed by atoms with Gasteiger partial charge in [0, 0.05) is 0 Å². The first-order valence-electron chi connectivity index (χ1n) is 2.98.